The highest BCUT2D eigenvalue weighted by Crippen LogP contribution is 2.31. The summed E-state index contributed by atoms with van der Waals surface area (Å²) in [5, 5.41) is 3.00. The second-order valence-corrected chi connectivity index (χ2v) is 4.31. The van der Waals surface area contributed by atoms with Crippen LogP contribution in [0.3, 0.4) is 0 Å². The SMILES string of the molecule is CCNc1ncc(F)c(N(CCOC)C2CC2)n1. The van der Waals surface area contributed by atoms with Gasteiger partial charge in [0.25, 0.3) is 0 Å². The van der Waals surface area contributed by atoms with Crippen LogP contribution in [0.15, 0.2) is 6.20 Å². The largest absolute Gasteiger partial charge is 0.383 e. The lowest BCUT2D eigenvalue weighted by Gasteiger charge is -2.23. The molecular formula is C12H19FN4O. The van der Waals surface area contributed by atoms with E-state index in [0.717, 1.165) is 12.8 Å². The Kier molecular flexibility index (Phi) is 4.30. The number of anilines is 2. The lowest BCUT2D eigenvalue weighted by atomic mass is 10.4. The van der Waals surface area contributed by atoms with Crippen molar-refractivity contribution in [3.8, 4) is 0 Å². The summed E-state index contributed by atoms with van der Waals surface area (Å²) < 4.78 is 18.9. The minimum atomic E-state index is -0.375. The smallest absolute Gasteiger partial charge is 0.224 e. The van der Waals surface area contributed by atoms with Crippen molar-refractivity contribution in [1.29, 1.82) is 0 Å². The van der Waals surface area contributed by atoms with E-state index in [2.05, 4.69) is 15.3 Å². The number of nitrogens with zero attached hydrogens (tertiary/aromatic N) is 3. The standard InChI is InChI=1S/C12H19FN4O/c1-3-14-12-15-8-10(13)11(16-12)17(6-7-18-2)9-4-5-9/h8-9H,3-7H2,1-2H3,(H,14,15,16). The maximum absolute atomic E-state index is 13.8. The highest BCUT2D eigenvalue weighted by atomic mass is 19.1. The van der Waals surface area contributed by atoms with Crippen molar-refractivity contribution in [2.24, 2.45) is 0 Å². The second-order valence-electron chi connectivity index (χ2n) is 4.31. The first-order valence-electron chi connectivity index (χ1n) is 6.28. The molecule has 0 aliphatic heterocycles. The first-order valence-corrected chi connectivity index (χ1v) is 6.28. The summed E-state index contributed by atoms with van der Waals surface area (Å²) in [6, 6.07) is 0.388. The normalized spacial score (nSPS) is 14.6. The quantitative estimate of drug-likeness (QED) is 0.802. The van der Waals surface area contributed by atoms with Crippen molar-refractivity contribution in [3.05, 3.63) is 12.0 Å². The Bertz CT molecular complexity index is 398. The first-order chi connectivity index (χ1) is 8.76. The Morgan fingerprint density at radius 3 is 2.94 bits per heavy atom. The fraction of sp³-hybridized carbons (Fsp3) is 0.667. The molecule has 0 spiro atoms. The van der Waals surface area contributed by atoms with Gasteiger partial charge in [-0.3, -0.25) is 0 Å². The Morgan fingerprint density at radius 1 is 1.56 bits per heavy atom. The average molecular weight is 254 g/mol. The van der Waals surface area contributed by atoms with Gasteiger partial charge in [0.05, 0.1) is 12.8 Å². The molecule has 0 bridgehead atoms. The molecular weight excluding hydrogens is 235 g/mol. The Labute approximate surface area is 106 Å². The van der Waals surface area contributed by atoms with Gasteiger partial charge in [-0.15, -0.1) is 0 Å². The number of hydrogen-bond acceptors (Lipinski definition) is 5. The first kappa shape index (κ1) is 13.0. The van der Waals surface area contributed by atoms with Gasteiger partial charge in [-0.1, -0.05) is 0 Å². The van der Waals surface area contributed by atoms with Crippen LogP contribution in [0.2, 0.25) is 0 Å². The fourth-order valence-electron chi connectivity index (χ4n) is 1.84. The maximum atomic E-state index is 13.8. The molecule has 0 amide bonds. The lowest BCUT2D eigenvalue weighted by Crippen LogP contribution is -2.31. The van der Waals surface area contributed by atoms with Crippen LogP contribution in [0.5, 0.6) is 0 Å². The van der Waals surface area contributed by atoms with Crippen LogP contribution in [-0.2, 0) is 4.74 Å². The zero-order valence-corrected chi connectivity index (χ0v) is 10.8. The van der Waals surface area contributed by atoms with E-state index in [4.69, 9.17) is 4.74 Å². The molecule has 1 aromatic rings. The number of hydrogen-bond donors (Lipinski definition) is 1. The summed E-state index contributed by atoms with van der Waals surface area (Å²) in [5.41, 5.74) is 0. The molecule has 0 saturated heterocycles. The second kappa shape index (κ2) is 5.95. The molecule has 5 nitrogen and oxygen atoms in total. The van der Waals surface area contributed by atoms with Crippen molar-refractivity contribution in [1.82, 2.24) is 9.97 Å². The van der Waals surface area contributed by atoms with Gasteiger partial charge in [-0.05, 0) is 19.8 Å². The topological polar surface area (TPSA) is 50.3 Å². The van der Waals surface area contributed by atoms with Crippen LogP contribution in [-0.4, -0.2) is 42.8 Å². The Balaban J connectivity index is 2.19. The van der Waals surface area contributed by atoms with Gasteiger partial charge in [0, 0.05) is 26.2 Å². The predicted octanol–water partition coefficient (Wildman–Crippen LogP) is 1.66. The van der Waals surface area contributed by atoms with Gasteiger partial charge in [0.1, 0.15) is 0 Å². The number of ether oxygens (including phenoxy) is 1. The zero-order valence-electron chi connectivity index (χ0n) is 10.8. The molecule has 18 heavy (non-hydrogen) atoms. The van der Waals surface area contributed by atoms with Crippen molar-refractivity contribution in [3.63, 3.8) is 0 Å². The van der Waals surface area contributed by atoms with Gasteiger partial charge in [-0.2, -0.15) is 4.98 Å². The monoisotopic (exact) mass is 254 g/mol. The van der Waals surface area contributed by atoms with Gasteiger partial charge in [-0.25, -0.2) is 9.37 Å². The van der Waals surface area contributed by atoms with Gasteiger partial charge >= 0.3 is 0 Å². The number of rotatable bonds is 7. The molecule has 0 aromatic carbocycles. The summed E-state index contributed by atoms with van der Waals surface area (Å²) in [6.45, 7) is 3.89. The van der Waals surface area contributed by atoms with Crippen molar-refractivity contribution in [2.45, 2.75) is 25.8 Å². The third kappa shape index (κ3) is 3.07. The van der Waals surface area contributed by atoms with Crippen LogP contribution in [0.1, 0.15) is 19.8 Å². The van der Waals surface area contributed by atoms with E-state index in [9.17, 15) is 4.39 Å². The molecule has 1 aliphatic rings. The van der Waals surface area contributed by atoms with Crippen LogP contribution < -0.4 is 10.2 Å². The average Bonchev–Trinajstić information content (AvgIpc) is 3.18. The van der Waals surface area contributed by atoms with Crippen molar-refractivity contribution in [2.75, 3.05) is 37.0 Å². The predicted molar refractivity (Wildman–Crippen MR) is 68.4 cm³/mol. The maximum Gasteiger partial charge on any atom is 0.224 e. The van der Waals surface area contributed by atoms with E-state index in [1.807, 2.05) is 11.8 Å². The minimum absolute atomic E-state index is 0.375. The number of halogens is 1. The van der Waals surface area contributed by atoms with Crippen LogP contribution in [0.25, 0.3) is 0 Å². The molecule has 0 unspecified atom stereocenters. The zero-order chi connectivity index (χ0) is 13.0. The molecule has 1 fully saturated rings. The molecule has 1 aliphatic carbocycles. The third-order valence-corrected chi connectivity index (χ3v) is 2.86. The molecule has 1 N–H and O–H groups in total. The van der Waals surface area contributed by atoms with E-state index in [1.54, 1.807) is 7.11 Å². The van der Waals surface area contributed by atoms with Gasteiger partial charge in [0.15, 0.2) is 11.6 Å². The summed E-state index contributed by atoms with van der Waals surface area (Å²) in [5.74, 6) is 0.470. The minimum Gasteiger partial charge on any atom is -0.383 e. The Morgan fingerprint density at radius 2 is 2.33 bits per heavy atom. The van der Waals surface area contributed by atoms with E-state index in [-0.39, 0.29) is 5.82 Å². The molecule has 100 valence electrons. The molecule has 1 saturated carbocycles. The van der Waals surface area contributed by atoms with E-state index in [1.165, 1.54) is 6.20 Å². The van der Waals surface area contributed by atoms with Crippen LogP contribution >= 0.6 is 0 Å². The van der Waals surface area contributed by atoms with Crippen LogP contribution in [0, 0.1) is 5.82 Å². The van der Waals surface area contributed by atoms with Gasteiger partial charge < -0.3 is 15.0 Å². The number of nitrogens with one attached hydrogen (secondary N) is 1. The highest BCUT2D eigenvalue weighted by Gasteiger charge is 2.31. The van der Waals surface area contributed by atoms with Crippen molar-refractivity contribution < 1.29 is 9.13 Å². The molecule has 1 aromatic heterocycles. The number of methoxy groups -OCH3 is 1. The van der Waals surface area contributed by atoms with Crippen LogP contribution in [0.4, 0.5) is 16.2 Å². The lowest BCUT2D eigenvalue weighted by molar-refractivity contribution is 0.204. The number of aromatic nitrogens is 2. The van der Waals surface area contributed by atoms with E-state index < -0.39 is 0 Å². The summed E-state index contributed by atoms with van der Waals surface area (Å²) in [4.78, 5) is 10.1. The Hall–Kier alpha value is -1.43. The van der Waals surface area contributed by atoms with E-state index >= 15 is 0 Å². The molecule has 6 heteroatoms. The summed E-state index contributed by atoms with van der Waals surface area (Å²) >= 11 is 0. The molecule has 1 heterocycles. The summed E-state index contributed by atoms with van der Waals surface area (Å²) in [6.07, 6.45) is 3.40. The molecule has 0 atom stereocenters. The van der Waals surface area contributed by atoms with Gasteiger partial charge in [0.2, 0.25) is 5.95 Å². The molecule has 0 radical (unpaired) electrons. The fourth-order valence-corrected chi connectivity index (χ4v) is 1.84. The summed E-state index contributed by atoms with van der Waals surface area (Å²) in [7, 11) is 1.64. The van der Waals surface area contributed by atoms with E-state index in [0.29, 0.717) is 37.5 Å². The highest BCUT2D eigenvalue weighted by molar-refractivity contribution is 5.46. The third-order valence-electron chi connectivity index (χ3n) is 2.86. The molecule has 2 rings (SSSR count). The van der Waals surface area contributed by atoms with Crippen molar-refractivity contribution >= 4 is 11.8 Å².